The van der Waals surface area contributed by atoms with E-state index in [2.05, 4.69) is 79.9 Å². The number of rotatable bonds is 3. The van der Waals surface area contributed by atoms with Crippen molar-refractivity contribution in [1.29, 1.82) is 0 Å². The number of hydrogen-bond acceptors (Lipinski definition) is 4. The first-order valence-electron chi connectivity index (χ1n) is 9.98. The van der Waals surface area contributed by atoms with Gasteiger partial charge in [0, 0.05) is 11.1 Å². The number of hydrogen-bond donors (Lipinski definition) is 2. The second-order valence-corrected chi connectivity index (χ2v) is 7.64. The molecular formula is C26H22N4. The molecule has 1 heterocycles. The van der Waals surface area contributed by atoms with Crippen LogP contribution in [0.15, 0.2) is 78.9 Å². The fourth-order valence-corrected chi connectivity index (χ4v) is 4.05. The smallest absolute Gasteiger partial charge is 0.167 e. The van der Waals surface area contributed by atoms with Gasteiger partial charge in [0.2, 0.25) is 0 Å². The average Bonchev–Trinajstić information content (AvgIpc) is 2.76. The molecule has 0 amide bonds. The zero-order valence-corrected chi connectivity index (χ0v) is 17.0. The zero-order valence-electron chi connectivity index (χ0n) is 17.0. The number of aryl methyl sites for hydroxylation is 2. The molecule has 0 aliphatic carbocycles. The van der Waals surface area contributed by atoms with Gasteiger partial charge in [0.1, 0.15) is 5.69 Å². The van der Waals surface area contributed by atoms with Crippen LogP contribution >= 0.6 is 0 Å². The summed E-state index contributed by atoms with van der Waals surface area (Å²) in [6.45, 7) is 4.18. The lowest BCUT2D eigenvalue weighted by Gasteiger charge is -2.15. The molecule has 4 heteroatoms. The van der Waals surface area contributed by atoms with E-state index in [1.54, 1.807) is 0 Å². The lowest BCUT2D eigenvalue weighted by molar-refractivity contribution is 1.22. The second kappa shape index (κ2) is 7.25. The van der Waals surface area contributed by atoms with Gasteiger partial charge >= 0.3 is 0 Å². The van der Waals surface area contributed by atoms with E-state index in [1.165, 1.54) is 5.56 Å². The summed E-state index contributed by atoms with van der Waals surface area (Å²) in [5, 5.41) is 2.29. The Bertz CT molecular complexity index is 1410. The van der Waals surface area contributed by atoms with E-state index in [1.807, 2.05) is 18.2 Å². The van der Waals surface area contributed by atoms with Gasteiger partial charge in [0.25, 0.3) is 0 Å². The van der Waals surface area contributed by atoms with Crippen molar-refractivity contribution in [3.05, 3.63) is 90.0 Å². The lowest BCUT2D eigenvalue weighted by atomic mass is 9.95. The number of fused-ring (bicyclic) bond motifs is 2. The normalized spacial score (nSPS) is 11.2. The maximum atomic E-state index is 5.85. The van der Waals surface area contributed by atoms with Crippen molar-refractivity contribution < 1.29 is 0 Å². The highest BCUT2D eigenvalue weighted by atomic mass is 15.3. The summed E-state index contributed by atoms with van der Waals surface area (Å²) in [5.74, 6) is 6.41. The maximum Gasteiger partial charge on any atom is 0.167 e. The molecule has 0 saturated heterocycles. The van der Waals surface area contributed by atoms with Gasteiger partial charge in [-0.3, -0.25) is 0 Å². The van der Waals surface area contributed by atoms with Crippen LogP contribution in [0, 0.1) is 13.8 Å². The van der Waals surface area contributed by atoms with E-state index < -0.39 is 0 Å². The average molecular weight is 390 g/mol. The monoisotopic (exact) mass is 390 g/mol. The molecule has 5 rings (SSSR count). The van der Waals surface area contributed by atoms with Crippen molar-refractivity contribution in [3.63, 3.8) is 0 Å². The van der Waals surface area contributed by atoms with Gasteiger partial charge in [-0.25, -0.2) is 15.8 Å². The number of nitrogens with one attached hydrogen (secondary N) is 1. The first-order valence-corrected chi connectivity index (χ1v) is 9.98. The van der Waals surface area contributed by atoms with Crippen LogP contribution in [-0.2, 0) is 0 Å². The molecule has 0 spiro atoms. The quantitative estimate of drug-likeness (QED) is 0.225. The van der Waals surface area contributed by atoms with E-state index in [4.69, 9.17) is 15.8 Å². The summed E-state index contributed by atoms with van der Waals surface area (Å²) in [4.78, 5) is 9.97. The Labute approximate surface area is 175 Å². The molecule has 0 saturated carbocycles. The Balaban J connectivity index is 1.92. The Morgan fingerprint density at radius 1 is 0.733 bits per heavy atom. The largest absolute Gasteiger partial charge is 0.307 e. The van der Waals surface area contributed by atoms with Gasteiger partial charge in [-0.15, -0.1) is 0 Å². The highest BCUT2D eigenvalue weighted by molar-refractivity contribution is 6.11. The number of benzene rings is 4. The van der Waals surface area contributed by atoms with Gasteiger partial charge in [0.05, 0.1) is 11.0 Å². The van der Waals surface area contributed by atoms with E-state index >= 15 is 0 Å². The molecule has 0 fully saturated rings. The summed E-state index contributed by atoms with van der Waals surface area (Å²) >= 11 is 0. The third-order valence-corrected chi connectivity index (χ3v) is 5.42. The Hall–Kier alpha value is -3.76. The molecule has 0 bridgehead atoms. The number of hydrazine groups is 1. The van der Waals surface area contributed by atoms with E-state index in [0.29, 0.717) is 5.82 Å². The summed E-state index contributed by atoms with van der Waals surface area (Å²) in [6.07, 6.45) is 0. The highest BCUT2D eigenvalue weighted by Crippen LogP contribution is 2.37. The molecule has 1 aromatic heterocycles. The molecule has 0 aliphatic heterocycles. The van der Waals surface area contributed by atoms with Crippen LogP contribution in [0.2, 0.25) is 0 Å². The summed E-state index contributed by atoms with van der Waals surface area (Å²) in [5.41, 5.74) is 10.8. The first-order chi connectivity index (χ1) is 14.6. The van der Waals surface area contributed by atoms with Crippen molar-refractivity contribution in [2.24, 2.45) is 5.84 Å². The number of aromatic nitrogens is 2. The van der Waals surface area contributed by atoms with Crippen LogP contribution in [0.5, 0.6) is 0 Å². The summed E-state index contributed by atoms with van der Waals surface area (Å²) in [6, 6.07) is 27.2. The lowest BCUT2D eigenvalue weighted by Crippen LogP contribution is -2.11. The molecule has 5 aromatic rings. The van der Waals surface area contributed by atoms with Crippen LogP contribution in [0.4, 0.5) is 5.82 Å². The summed E-state index contributed by atoms with van der Waals surface area (Å²) < 4.78 is 0. The van der Waals surface area contributed by atoms with Gasteiger partial charge in [-0.2, -0.15) is 0 Å². The van der Waals surface area contributed by atoms with Crippen molar-refractivity contribution in [2.45, 2.75) is 13.8 Å². The fourth-order valence-electron chi connectivity index (χ4n) is 4.05. The van der Waals surface area contributed by atoms with Crippen LogP contribution in [-0.4, -0.2) is 9.97 Å². The standard InChI is InChI=1S/C26H22N4/c1-16-7-5-10-19(13-16)23-21-12-4-3-9-18(21)15-22-25(23)29-24(26(28-22)30-27)20-11-6-8-17(2)14-20/h3-15H,27H2,1-2H3,(H,28,30). The molecule has 0 unspecified atom stereocenters. The molecular weight excluding hydrogens is 368 g/mol. The molecule has 3 N–H and O–H groups in total. The van der Waals surface area contributed by atoms with E-state index in [-0.39, 0.29) is 0 Å². The zero-order chi connectivity index (χ0) is 20.7. The van der Waals surface area contributed by atoms with Crippen molar-refractivity contribution in [3.8, 4) is 22.4 Å². The number of nitrogens with two attached hydrogens (primary N) is 1. The minimum absolute atomic E-state index is 0.568. The number of nitrogens with zero attached hydrogens (tertiary/aromatic N) is 2. The molecule has 0 atom stereocenters. The first kappa shape index (κ1) is 18.3. The third-order valence-electron chi connectivity index (χ3n) is 5.42. The van der Waals surface area contributed by atoms with Crippen LogP contribution in [0.3, 0.4) is 0 Å². The minimum atomic E-state index is 0.568. The Morgan fingerprint density at radius 3 is 2.17 bits per heavy atom. The van der Waals surface area contributed by atoms with E-state index in [0.717, 1.165) is 49.8 Å². The fraction of sp³-hybridized carbons (Fsp3) is 0.0769. The molecule has 30 heavy (non-hydrogen) atoms. The Morgan fingerprint density at radius 2 is 1.43 bits per heavy atom. The molecule has 146 valence electrons. The number of nitrogen functional groups attached to an aromatic ring is 1. The van der Waals surface area contributed by atoms with Crippen LogP contribution in [0.25, 0.3) is 44.2 Å². The maximum absolute atomic E-state index is 5.85. The van der Waals surface area contributed by atoms with Gasteiger partial charge in [-0.1, -0.05) is 77.9 Å². The SMILES string of the molecule is Cc1cccc(-c2nc3c(-c4cccc(C)c4)c4ccccc4cc3nc2NN)c1. The number of anilines is 1. The summed E-state index contributed by atoms with van der Waals surface area (Å²) in [7, 11) is 0. The molecule has 4 aromatic carbocycles. The second-order valence-electron chi connectivity index (χ2n) is 7.64. The van der Waals surface area contributed by atoms with Crippen molar-refractivity contribution >= 4 is 27.6 Å². The molecule has 0 radical (unpaired) electrons. The molecule has 0 aliphatic rings. The topological polar surface area (TPSA) is 63.8 Å². The molecule has 4 nitrogen and oxygen atoms in total. The highest BCUT2D eigenvalue weighted by Gasteiger charge is 2.17. The predicted molar refractivity (Wildman–Crippen MR) is 125 cm³/mol. The van der Waals surface area contributed by atoms with E-state index in [9.17, 15) is 0 Å². The Kier molecular flexibility index (Phi) is 4.42. The third kappa shape index (κ3) is 3.08. The van der Waals surface area contributed by atoms with Gasteiger partial charge < -0.3 is 5.43 Å². The van der Waals surface area contributed by atoms with Gasteiger partial charge in [0.15, 0.2) is 5.82 Å². The van der Waals surface area contributed by atoms with Crippen LogP contribution in [0.1, 0.15) is 11.1 Å². The van der Waals surface area contributed by atoms with Crippen molar-refractivity contribution in [2.75, 3.05) is 5.43 Å². The predicted octanol–water partition coefficient (Wildman–Crippen LogP) is 6.02. The van der Waals surface area contributed by atoms with Crippen LogP contribution < -0.4 is 11.3 Å². The van der Waals surface area contributed by atoms with Crippen molar-refractivity contribution in [1.82, 2.24) is 9.97 Å². The minimum Gasteiger partial charge on any atom is -0.307 e. The van der Waals surface area contributed by atoms with Gasteiger partial charge in [-0.05, 0) is 42.3 Å².